The van der Waals surface area contributed by atoms with E-state index in [1.54, 1.807) is 42.5 Å². The number of aryl methyl sites for hydroxylation is 3. The molecular weight excluding hydrogens is 440 g/mol. The van der Waals surface area contributed by atoms with Crippen molar-refractivity contribution in [2.75, 3.05) is 23.3 Å². The van der Waals surface area contributed by atoms with Crippen molar-refractivity contribution in [2.45, 2.75) is 25.7 Å². The minimum Gasteiger partial charge on any atom is -0.465 e. The second kappa shape index (κ2) is 9.87. The first-order chi connectivity index (χ1) is 15.6. The zero-order valence-electron chi connectivity index (χ0n) is 19.0. The highest BCUT2D eigenvalue weighted by Crippen LogP contribution is 2.26. The van der Waals surface area contributed by atoms with E-state index < -0.39 is 28.4 Å². The lowest BCUT2D eigenvalue weighted by atomic mass is 10.1. The number of sulfonamides is 1. The standard InChI is InChI=1S/C25H26N2O5S/c1-17-9-13-21(14-10-17)33(30,31)27(20-12-11-18(2)19(3)15-20)16-24(28)26-23-8-6-5-7-22(23)25(29)32-4/h5-15H,16H2,1-4H3,(H,26,28). The van der Waals surface area contributed by atoms with Gasteiger partial charge in [-0.25, -0.2) is 13.2 Å². The van der Waals surface area contributed by atoms with Crippen molar-refractivity contribution in [3.8, 4) is 0 Å². The predicted molar refractivity (Wildman–Crippen MR) is 128 cm³/mol. The zero-order chi connectivity index (χ0) is 24.2. The smallest absolute Gasteiger partial charge is 0.339 e. The second-order valence-corrected chi connectivity index (χ2v) is 9.54. The van der Waals surface area contributed by atoms with E-state index >= 15 is 0 Å². The van der Waals surface area contributed by atoms with Gasteiger partial charge in [-0.2, -0.15) is 0 Å². The van der Waals surface area contributed by atoms with Crippen molar-refractivity contribution < 1.29 is 22.7 Å². The zero-order valence-corrected chi connectivity index (χ0v) is 19.8. The molecule has 0 spiro atoms. The summed E-state index contributed by atoms with van der Waals surface area (Å²) >= 11 is 0. The summed E-state index contributed by atoms with van der Waals surface area (Å²) in [4.78, 5) is 25.1. The molecule has 1 amide bonds. The maximum Gasteiger partial charge on any atom is 0.339 e. The van der Waals surface area contributed by atoms with Crippen LogP contribution in [0.25, 0.3) is 0 Å². The molecule has 3 rings (SSSR count). The van der Waals surface area contributed by atoms with Crippen molar-refractivity contribution >= 4 is 33.3 Å². The Morgan fingerprint density at radius 1 is 0.909 bits per heavy atom. The van der Waals surface area contributed by atoms with Crippen LogP contribution in [0, 0.1) is 20.8 Å². The minimum absolute atomic E-state index is 0.0779. The number of rotatable bonds is 7. The van der Waals surface area contributed by atoms with Gasteiger partial charge in [0.05, 0.1) is 28.9 Å². The molecule has 0 aliphatic heterocycles. The summed E-state index contributed by atoms with van der Waals surface area (Å²) in [6.07, 6.45) is 0. The van der Waals surface area contributed by atoms with Crippen LogP contribution in [0.4, 0.5) is 11.4 Å². The number of carbonyl (C=O) groups is 2. The second-order valence-electron chi connectivity index (χ2n) is 7.68. The summed E-state index contributed by atoms with van der Waals surface area (Å²) < 4.78 is 32.9. The Hall–Kier alpha value is -3.65. The third kappa shape index (κ3) is 5.40. The van der Waals surface area contributed by atoms with Crippen molar-refractivity contribution in [1.29, 1.82) is 0 Å². The number of methoxy groups -OCH3 is 1. The quantitative estimate of drug-likeness (QED) is 0.526. The van der Waals surface area contributed by atoms with E-state index in [4.69, 9.17) is 4.74 Å². The lowest BCUT2D eigenvalue weighted by Gasteiger charge is -2.25. The summed E-state index contributed by atoms with van der Waals surface area (Å²) in [5.74, 6) is -1.20. The normalized spacial score (nSPS) is 11.0. The van der Waals surface area contributed by atoms with E-state index in [0.717, 1.165) is 21.0 Å². The topological polar surface area (TPSA) is 92.8 Å². The fourth-order valence-electron chi connectivity index (χ4n) is 3.23. The summed E-state index contributed by atoms with van der Waals surface area (Å²) in [5, 5.41) is 2.64. The van der Waals surface area contributed by atoms with Gasteiger partial charge in [-0.05, 0) is 68.3 Å². The van der Waals surface area contributed by atoms with Crippen LogP contribution in [0.2, 0.25) is 0 Å². The Balaban J connectivity index is 1.98. The highest BCUT2D eigenvalue weighted by molar-refractivity contribution is 7.92. The Bertz CT molecular complexity index is 1280. The van der Waals surface area contributed by atoms with Crippen LogP contribution in [-0.4, -0.2) is 33.9 Å². The number of amides is 1. The summed E-state index contributed by atoms with van der Waals surface area (Å²) in [6.45, 7) is 5.19. The van der Waals surface area contributed by atoms with Crippen LogP contribution < -0.4 is 9.62 Å². The SMILES string of the molecule is COC(=O)c1ccccc1NC(=O)CN(c1ccc(C)c(C)c1)S(=O)(=O)c1ccc(C)cc1. The van der Waals surface area contributed by atoms with Crippen LogP contribution in [0.3, 0.4) is 0 Å². The molecule has 33 heavy (non-hydrogen) atoms. The van der Waals surface area contributed by atoms with Gasteiger partial charge in [0.1, 0.15) is 6.54 Å². The first-order valence-corrected chi connectivity index (χ1v) is 11.7. The summed E-state index contributed by atoms with van der Waals surface area (Å²) in [7, 11) is -2.79. The maximum atomic E-state index is 13.5. The van der Waals surface area contributed by atoms with E-state index in [-0.39, 0.29) is 16.1 Å². The van der Waals surface area contributed by atoms with Crippen LogP contribution >= 0.6 is 0 Å². The number of nitrogens with one attached hydrogen (secondary N) is 1. The molecule has 7 nitrogen and oxygen atoms in total. The Kier molecular flexibility index (Phi) is 7.18. The van der Waals surface area contributed by atoms with Crippen LogP contribution in [-0.2, 0) is 19.6 Å². The number of ether oxygens (including phenoxy) is 1. The molecule has 0 saturated carbocycles. The fourth-order valence-corrected chi connectivity index (χ4v) is 4.65. The van der Waals surface area contributed by atoms with Crippen molar-refractivity contribution in [3.63, 3.8) is 0 Å². The van der Waals surface area contributed by atoms with Gasteiger partial charge < -0.3 is 10.1 Å². The Morgan fingerprint density at radius 3 is 2.21 bits per heavy atom. The van der Waals surface area contributed by atoms with Crippen molar-refractivity contribution in [1.82, 2.24) is 0 Å². The first-order valence-electron chi connectivity index (χ1n) is 10.3. The van der Waals surface area contributed by atoms with Crippen molar-refractivity contribution in [2.24, 2.45) is 0 Å². The number of hydrogen-bond donors (Lipinski definition) is 1. The molecule has 8 heteroatoms. The third-order valence-electron chi connectivity index (χ3n) is 5.28. The number of para-hydroxylation sites is 1. The molecule has 0 aromatic heterocycles. The molecule has 0 saturated heterocycles. The van der Waals surface area contributed by atoms with Gasteiger partial charge in [0, 0.05) is 0 Å². The van der Waals surface area contributed by atoms with Gasteiger partial charge in [0.25, 0.3) is 10.0 Å². The first kappa shape index (κ1) is 24.0. The molecule has 0 heterocycles. The van der Waals surface area contributed by atoms with E-state index in [0.29, 0.717) is 5.69 Å². The van der Waals surface area contributed by atoms with Gasteiger partial charge in [0.2, 0.25) is 5.91 Å². The molecule has 1 N–H and O–H groups in total. The van der Waals surface area contributed by atoms with Crippen molar-refractivity contribution in [3.05, 3.63) is 89.0 Å². The number of esters is 1. The molecule has 0 fully saturated rings. The van der Waals surface area contributed by atoms with Crippen LogP contribution in [0.1, 0.15) is 27.0 Å². The minimum atomic E-state index is -4.04. The molecular formula is C25H26N2O5S. The van der Waals surface area contributed by atoms with E-state index in [9.17, 15) is 18.0 Å². The van der Waals surface area contributed by atoms with E-state index in [2.05, 4.69) is 5.32 Å². The van der Waals surface area contributed by atoms with Gasteiger partial charge in [-0.3, -0.25) is 9.10 Å². The largest absolute Gasteiger partial charge is 0.465 e. The monoisotopic (exact) mass is 466 g/mol. The van der Waals surface area contributed by atoms with Crippen LogP contribution in [0.15, 0.2) is 71.6 Å². The Morgan fingerprint density at radius 2 is 1.58 bits per heavy atom. The molecule has 3 aromatic carbocycles. The number of benzene rings is 3. The lowest BCUT2D eigenvalue weighted by molar-refractivity contribution is -0.114. The average Bonchev–Trinajstić information content (AvgIpc) is 2.79. The predicted octanol–water partition coefficient (Wildman–Crippen LogP) is 4.23. The van der Waals surface area contributed by atoms with E-state index in [1.165, 1.54) is 25.3 Å². The van der Waals surface area contributed by atoms with E-state index in [1.807, 2.05) is 26.8 Å². The molecule has 3 aromatic rings. The number of hydrogen-bond acceptors (Lipinski definition) is 5. The lowest BCUT2D eigenvalue weighted by Crippen LogP contribution is -2.38. The average molecular weight is 467 g/mol. The van der Waals surface area contributed by atoms with Gasteiger partial charge in [0.15, 0.2) is 0 Å². The molecule has 172 valence electrons. The highest BCUT2D eigenvalue weighted by Gasteiger charge is 2.28. The third-order valence-corrected chi connectivity index (χ3v) is 7.07. The van der Waals surface area contributed by atoms with Crippen LogP contribution in [0.5, 0.6) is 0 Å². The number of nitrogens with zero attached hydrogens (tertiary/aromatic N) is 1. The maximum absolute atomic E-state index is 13.5. The van der Waals surface area contributed by atoms with Gasteiger partial charge in [-0.1, -0.05) is 35.9 Å². The molecule has 0 radical (unpaired) electrons. The summed E-state index contributed by atoms with van der Waals surface area (Å²) in [5.41, 5.74) is 3.60. The molecule has 0 atom stereocenters. The van der Waals surface area contributed by atoms with Gasteiger partial charge in [-0.15, -0.1) is 0 Å². The highest BCUT2D eigenvalue weighted by atomic mass is 32.2. The van der Waals surface area contributed by atoms with Gasteiger partial charge >= 0.3 is 5.97 Å². The molecule has 0 unspecified atom stereocenters. The molecule has 0 bridgehead atoms. The number of anilines is 2. The molecule has 0 aliphatic carbocycles. The Labute approximate surface area is 194 Å². The fraction of sp³-hybridized carbons (Fsp3) is 0.200. The number of carbonyl (C=O) groups excluding carboxylic acids is 2. The summed E-state index contributed by atoms with van der Waals surface area (Å²) in [6, 6.07) is 18.0. The molecule has 0 aliphatic rings.